The maximum atomic E-state index is 12.1. The van der Waals surface area contributed by atoms with Crippen molar-refractivity contribution in [3.05, 3.63) is 29.3 Å². The molecule has 1 saturated heterocycles. The number of carbonyl (C=O) groups excluding carboxylic acids is 1. The van der Waals surface area contributed by atoms with Gasteiger partial charge in [-0.2, -0.15) is 0 Å². The first-order valence-corrected chi connectivity index (χ1v) is 6.02. The quantitative estimate of drug-likeness (QED) is 0.803. The molecule has 3 nitrogen and oxygen atoms in total. The van der Waals surface area contributed by atoms with Gasteiger partial charge in [0.2, 0.25) is 5.91 Å². The van der Waals surface area contributed by atoms with Crippen LogP contribution in [-0.4, -0.2) is 24.5 Å². The zero-order valence-corrected chi connectivity index (χ0v) is 11.0. The minimum absolute atomic E-state index is 0.0252. The lowest BCUT2D eigenvalue weighted by atomic mass is 9.99. The van der Waals surface area contributed by atoms with E-state index in [1.807, 2.05) is 11.0 Å². The molecule has 0 atom stereocenters. The molecule has 1 aliphatic rings. The number of rotatable bonds is 1. The molecule has 1 fully saturated rings. The average molecular weight is 232 g/mol. The largest absolute Gasteiger partial charge is 0.309 e. The number of nitrogens with one attached hydrogen (secondary N) is 1. The van der Waals surface area contributed by atoms with E-state index in [1.165, 1.54) is 0 Å². The number of amides is 1. The Bertz CT molecular complexity index is 431. The summed E-state index contributed by atoms with van der Waals surface area (Å²) < 4.78 is 0. The third kappa shape index (κ3) is 2.34. The molecular formula is C14H20N2O. The monoisotopic (exact) mass is 232 g/mol. The van der Waals surface area contributed by atoms with Gasteiger partial charge < -0.3 is 10.2 Å². The first-order valence-electron chi connectivity index (χ1n) is 6.02. The highest BCUT2D eigenvalue weighted by molar-refractivity contribution is 5.97. The van der Waals surface area contributed by atoms with Gasteiger partial charge in [0.15, 0.2) is 0 Å². The van der Waals surface area contributed by atoms with Crippen molar-refractivity contribution in [1.82, 2.24) is 5.32 Å². The first-order chi connectivity index (χ1) is 7.91. The van der Waals surface area contributed by atoms with Gasteiger partial charge in [-0.25, -0.2) is 0 Å². The van der Waals surface area contributed by atoms with Crippen LogP contribution in [0.15, 0.2) is 18.2 Å². The molecule has 0 aliphatic carbocycles. The van der Waals surface area contributed by atoms with E-state index in [0.717, 1.165) is 23.4 Å². The molecule has 0 bridgehead atoms. The van der Waals surface area contributed by atoms with Crippen molar-refractivity contribution in [3.8, 4) is 0 Å². The summed E-state index contributed by atoms with van der Waals surface area (Å²) in [6, 6.07) is 6.15. The molecule has 1 aliphatic heterocycles. The predicted octanol–water partition coefficient (Wildman–Crippen LogP) is 2.02. The summed E-state index contributed by atoms with van der Waals surface area (Å²) in [7, 11) is 0. The average Bonchev–Trinajstić information content (AvgIpc) is 2.23. The molecule has 3 heteroatoms. The van der Waals surface area contributed by atoms with Crippen molar-refractivity contribution in [2.24, 2.45) is 0 Å². The third-order valence-corrected chi connectivity index (χ3v) is 3.28. The van der Waals surface area contributed by atoms with Gasteiger partial charge in [-0.05, 0) is 38.8 Å². The Labute approximate surface area is 103 Å². The summed E-state index contributed by atoms with van der Waals surface area (Å²) in [6.45, 7) is 9.51. The molecule has 1 amide bonds. The van der Waals surface area contributed by atoms with Gasteiger partial charge in [0, 0.05) is 17.8 Å². The molecule has 0 saturated carbocycles. The van der Waals surface area contributed by atoms with Crippen molar-refractivity contribution in [1.29, 1.82) is 0 Å². The summed E-state index contributed by atoms with van der Waals surface area (Å²) in [4.78, 5) is 14.0. The minimum atomic E-state index is -0.0252. The fraction of sp³-hybridized carbons (Fsp3) is 0.500. The van der Waals surface area contributed by atoms with Crippen LogP contribution >= 0.6 is 0 Å². The molecule has 0 aromatic heterocycles. The number of aryl methyl sites for hydroxylation is 2. The molecule has 1 aromatic rings. The molecular weight excluding hydrogens is 212 g/mol. The lowest BCUT2D eigenvalue weighted by Crippen LogP contribution is -2.60. The zero-order chi connectivity index (χ0) is 12.6. The Kier molecular flexibility index (Phi) is 2.96. The number of piperazine rings is 1. The van der Waals surface area contributed by atoms with Crippen LogP contribution in [0, 0.1) is 13.8 Å². The maximum Gasteiger partial charge on any atom is 0.241 e. The van der Waals surface area contributed by atoms with Gasteiger partial charge in [-0.3, -0.25) is 4.79 Å². The number of hydrogen-bond acceptors (Lipinski definition) is 2. The fourth-order valence-electron chi connectivity index (χ4n) is 2.38. The highest BCUT2D eigenvalue weighted by atomic mass is 16.2. The number of hydrogen-bond donors (Lipinski definition) is 1. The molecule has 92 valence electrons. The van der Waals surface area contributed by atoms with Gasteiger partial charge in [-0.1, -0.05) is 18.2 Å². The Balaban J connectivity index is 2.41. The van der Waals surface area contributed by atoms with E-state index in [-0.39, 0.29) is 11.4 Å². The third-order valence-electron chi connectivity index (χ3n) is 3.28. The molecule has 0 radical (unpaired) electrons. The zero-order valence-electron chi connectivity index (χ0n) is 11.0. The highest BCUT2D eigenvalue weighted by Gasteiger charge is 2.32. The second kappa shape index (κ2) is 4.15. The molecule has 1 N–H and O–H groups in total. The molecule has 1 aromatic carbocycles. The highest BCUT2D eigenvalue weighted by Crippen LogP contribution is 2.27. The van der Waals surface area contributed by atoms with Crippen molar-refractivity contribution >= 4 is 11.6 Å². The van der Waals surface area contributed by atoms with E-state index in [0.29, 0.717) is 6.54 Å². The number of para-hydroxylation sites is 1. The van der Waals surface area contributed by atoms with Crippen LogP contribution in [0.2, 0.25) is 0 Å². The Morgan fingerprint density at radius 3 is 2.41 bits per heavy atom. The molecule has 1 heterocycles. The number of nitrogens with zero attached hydrogens (tertiary/aromatic N) is 1. The Morgan fingerprint density at radius 1 is 1.24 bits per heavy atom. The minimum Gasteiger partial charge on any atom is -0.309 e. The van der Waals surface area contributed by atoms with E-state index in [9.17, 15) is 4.79 Å². The molecule has 0 spiro atoms. The lowest BCUT2D eigenvalue weighted by Gasteiger charge is -2.40. The molecule has 2 rings (SSSR count). The van der Waals surface area contributed by atoms with E-state index >= 15 is 0 Å². The van der Waals surface area contributed by atoms with E-state index in [2.05, 4.69) is 45.1 Å². The van der Waals surface area contributed by atoms with Crippen molar-refractivity contribution in [2.45, 2.75) is 33.2 Å². The van der Waals surface area contributed by atoms with E-state index < -0.39 is 0 Å². The topological polar surface area (TPSA) is 32.3 Å². The van der Waals surface area contributed by atoms with Crippen LogP contribution < -0.4 is 10.2 Å². The SMILES string of the molecule is Cc1cccc(C)c1N1CC(C)(C)NCC1=O. The second-order valence-corrected chi connectivity index (χ2v) is 5.46. The van der Waals surface area contributed by atoms with Crippen LogP contribution in [0.5, 0.6) is 0 Å². The van der Waals surface area contributed by atoms with Crippen LogP contribution in [-0.2, 0) is 4.79 Å². The van der Waals surface area contributed by atoms with Gasteiger partial charge in [0.1, 0.15) is 0 Å². The van der Waals surface area contributed by atoms with E-state index in [4.69, 9.17) is 0 Å². The van der Waals surface area contributed by atoms with Gasteiger partial charge >= 0.3 is 0 Å². The summed E-state index contributed by atoms with van der Waals surface area (Å²) in [5.41, 5.74) is 3.38. The fourth-order valence-corrected chi connectivity index (χ4v) is 2.38. The predicted molar refractivity (Wildman–Crippen MR) is 70.4 cm³/mol. The summed E-state index contributed by atoms with van der Waals surface area (Å²) in [6.07, 6.45) is 0. The van der Waals surface area contributed by atoms with Gasteiger partial charge in [-0.15, -0.1) is 0 Å². The van der Waals surface area contributed by atoms with Crippen LogP contribution in [0.4, 0.5) is 5.69 Å². The van der Waals surface area contributed by atoms with Crippen molar-refractivity contribution in [3.63, 3.8) is 0 Å². The Hall–Kier alpha value is -1.35. The maximum absolute atomic E-state index is 12.1. The van der Waals surface area contributed by atoms with Gasteiger partial charge in [0.05, 0.1) is 6.54 Å². The van der Waals surface area contributed by atoms with Crippen molar-refractivity contribution in [2.75, 3.05) is 18.0 Å². The standard InChI is InChI=1S/C14H20N2O/c1-10-6-5-7-11(2)13(10)16-9-14(3,4)15-8-12(16)17/h5-7,15H,8-9H2,1-4H3. The first kappa shape index (κ1) is 12.1. The van der Waals surface area contributed by atoms with Crippen LogP contribution in [0.3, 0.4) is 0 Å². The normalized spacial score (nSPS) is 19.5. The molecule has 17 heavy (non-hydrogen) atoms. The summed E-state index contributed by atoms with van der Waals surface area (Å²) >= 11 is 0. The molecule has 0 unspecified atom stereocenters. The second-order valence-electron chi connectivity index (χ2n) is 5.46. The Morgan fingerprint density at radius 2 is 1.82 bits per heavy atom. The summed E-state index contributed by atoms with van der Waals surface area (Å²) in [5.74, 6) is 0.154. The van der Waals surface area contributed by atoms with Crippen LogP contribution in [0.25, 0.3) is 0 Å². The summed E-state index contributed by atoms with van der Waals surface area (Å²) in [5, 5.41) is 3.26. The number of benzene rings is 1. The number of carbonyl (C=O) groups is 1. The van der Waals surface area contributed by atoms with Crippen LogP contribution in [0.1, 0.15) is 25.0 Å². The lowest BCUT2D eigenvalue weighted by molar-refractivity contribution is -0.119. The smallest absolute Gasteiger partial charge is 0.241 e. The van der Waals surface area contributed by atoms with E-state index in [1.54, 1.807) is 0 Å². The van der Waals surface area contributed by atoms with Gasteiger partial charge in [0.25, 0.3) is 0 Å². The number of anilines is 1. The van der Waals surface area contributed by atoms with Crippen molar-refractivity contribution < 1.29 is 4.79 Å².